The molecule has 0 spiro atoms. The number of rotatable bonds is 3. The average molecular weight is 258 g/mol. The Hall–Kier alpha value is -1.17. The second-order valence-corrected chi connectivity index (χ2v) is 4.16. The van der Waals surface area contributed by atoms with Crippen LogP contribution in [0.3, 0.4) is 0 Å². The first-order valence-electron chi connectivity index (χ1n) is 5.31. The summed E-state index contributed by atoms with van der Waals surface area (Å²) >= 11 is 5.89. The lowest BCUT2D eigenvalue weighted by Crippen LogP contribution is -2.27. The van der Waals surface area contributed by atoms with E-state index in [2.05, 4.69) is 0 Å². The van der Waals surface area contributed by atoms with Crippen LogP contribution in [-0.2, 0) is 15.3 Å². The monoisotopic (exact) mass is 257 g/mol. The van der Waals surface area contributed by atoms with Crippen LogP contribution in [0.4, 0.5) is 5.69 Å². The molecule has 0 N–H and O–H groups in total. The number of benzene rings is 1. The zero-order valence-corrected chi connectivity index (χ0v) is 10.1. The van der Waals surface area contributed by atoms with Crippen LogP contribution in [-0.4, -0.2) is 18.1 Å². The highest BCUT2D eigenvalue weighted by molar-refractivity contribution is 6.30. The first kappa shape index (κ1) is 12.3. The van der Waals surface area contributed by atoms with E-state index in [4.69, 9.17) is 21.1 Å². The van der Waals surface area contributed by atoms with Crippen LogP contribution in [0.1, 0.15) is 18.9 Å². The summed E-state index contributed by atoms with van der Waals surface area (Å²) in [7, 11) is 0. The Kier molecular flexibility index (Phi) is 3.33. The fraction of sp³-hybridized carbons (Fsp3) is 0.455. The number of nitro groups is 1. The van der Waals surface area contributed by atoms with E-state index in [-0.39, 0.29) is 5.69 Å². The van der Waals surface area contributed by atoms with E-state index in [1.807, 2.05) is 6.92 Å². The molecule has 1 heterocycles. The highest BCUT2D eigenvalue weighted by atomic mass is 35.5. The van der Waals surface area contributed by atoms with Crippen molar-refractivity contribution in [1.29, 1.82) is 0 Å². The molecule has 1 aliphatic heterocycles. The van der Waals surface area contributed by atoms with Gasteiger partial charge in [0.2, 0.25) is 5.79 Å². The van der Waals surface area contributed by atoms with Gasteiger partial charge in [0.05, 0.1) is 23.7 Å². The van der Waals surface area contributed by atoms with Gasteiger partial charge < -0.3 is 9.47 Å². The van der Waals surface area contributed by atoms with Crippen LogP contribution in [0, 0.1) is 10.1 Å². The molecule has 1 aromatic carbocycles. The maximum atomic E-state index is 11.0. The maximum absolute atomic E-state index is 11.0. The van der Waals surface area contributed by atoms with Gasteiger partial charge in [-0.3, -0.25) is 10.1 Å². The van der Waals surface area contributed by atoms with Crippen molar-refractivity contribution in [3.05, 3.63) is 38.9 Å². The topological polar surface area (TPSA) is 61.6 Å². The molecule has 0 radical (unpaired) electrons. The highest BCUT2D eigenvalue weighted by Crippen LogP contribution is 2.40. The van der Waals surface area contributed by atoms with Gasteiger partial charge in [-0.1, -0.05) is 18.5 Å². The number of hydrogen-bond donors (Lipinski definition) is 0. The Morgan fingerprint density at radius 1 is 1.47 bits per heavy atom. The average Bonchev–Trinajstić information content (AvgIpc) is 2.78. The van der Waals surface area contributed by atoms with Gasteiger partial charge in [-0.2, -0.15) is 0 Å². The van der Waals surface area contributed by atoms with Gasteiger partial charge in [0.15, 0.2) is 0 Å². The second kappa shape index (κ2) is 4.60. The van der Waals surface area contributed by atoms with Crippen molar-refractivity contribution in [3.8, 4) is 0 Å². The lowest BCUT2D eigenvalue weighted by Gasteiger charge is -2.26. The summed E-state index contributed by atoms with van der Waals surface area (Å²) in [6.45, 7) is 2.71. The summed E-state index contributed by atoms with van der Waals surface area (Å²) in [6, 6.07) is 4.40. The van der Waals surface area contributed by atoms with Crippen molar-refractivity contribution in [2.24, 2.45) is 0 Å². The van der Waals surface area contributed by atoms with E-state index < -0.39 is 10.7 Å². The Bertz CT molecular complexity index is 443. The number of nitrogens with zero attached hydrogens (tertiary/aromatic N) is 1. The van der Waals surface area contributed by atoms with E-state index in [0.29, 0.717) is 30.2 Å². The number of ether oxygens (including phenoxy) is 2. The molecule has 1 aromatic rings. The lowest BCUT2D eigenvalue weighted by molar-refractivity contribution is -0.388. The molecule has 0 atom stereocenters. The molecule has 6 heteroatoms. The third-order valence-electron chi connectivity index (χ3n) is 2.78. The Morgan fingerprint density at radius 3 is 2.65 bits per heavy atom. The SMILES string of the molecule is CCC1(c2cc(Cl)ccc2[N+](=O)[O-])OCCO1. The molecule has 92 valence electrons. The molecule has 0 saturated carbocycles. The summed E-state index contributed by atoms with van der Waals surface area (Å²) < 4.78 is 11.1. The number of hydrogen-bond acceptors (Lipinski definition) is 4. The summed E-state index contributed by atoms with van der Waals surface area (Å²) in [5.41, 5.74) is 0.355. The fourth-order valence-corrected chi connectivity index (χ4v) is 2.15. The number of nitro benzene ring substituents is 1. The molecular formula is C11H12ClNO4. The van der Waals surface area contributed by atoms with Gasteiger partial charge in [-0.05, 0) is 12.1 Å². The van der Waals surface area contributed by atoms with Gasteiger partial charge in [-0.15, -0.1) is 0 Å². The Labute approximate surface area is 103 Å². The molecule has 2 rings (SSSR count). The minimum Gasteiger partial charge on any atom is -0.343 e. The zero-order valence-electron chi connectivity index (χ0n) is 9.31. The first-order chi connectivity index (χ1) is 8.09. The van der Waals surface area contributed by atoms with Crippen molar-refractivity contribution in [3.63, 3.8) is 0 Å². The third kappa shape index (κ3) is 2.13. The zero-order chi connectivity index (χ0) is 12.5. The molecule has 0 amide bonds. The van der Waals surface area contributed by atoms with Crippen molar-refractivity contribution in [1.82, 2.24) is 0 Å². The van der Waals surface area contributed by atoms with Crippen molar-refractivity contribution in [2.45, 2.75) is 19.1 Å². The van der Waals surface area contributed by atoms with Crippen molar-refractivity contribution in [2.75, 3.05) is 13.2 Å². The van der Waals surface area contributed by atoms with Gasteiger partial charge in [-0.25, -0.2) is 0 Å². The quantitative estimate of drug-likeness (QED) is 0.617. The van der Waals surface area contributed by atoms with Crippen molar-refractivity contribution >= 4 is 17.3 Å². The molecule has 0 aliphatic carbocycles. The van der Waals surface area contributed by atoms with E-state index in [0.717, 1.165) is 0 Å². The van der Waals surface area contributed by atoms with Crippen LogP contribution in [0.5, 0.6) is 0 Å². The van der Waals surface area contributed by atoms with Crippen molar-refractivity contribution < 1.29 is 14.4 Å². The van der Waals surface area contributed by atoms with Crippen LogP contribution in [0.2, 0.25) is 5.02 Å². The van der Waals surface area contributed by atoms with Crippen LogP contribution < -0.4 is 0 Å². The minimum absolute atomic E-state index is 0.0295. The fourth-order valence-electron chi connectivity index (χ4n) is 1.98. The molecule has 0 unspecified atom stereocenters. The number of halogens is 1. The standard InChI is InChI=1S/C11H12ClNO4/c1-2-11(16-5-6-17-11)9-7-8(12)3-4-10(9)13(14)15/h3-4,7H,2,5-6H2,1H3. The molecular weight excluding hydrogens is 246 g/mol. The van der Waals surface area contributed by atoms with Gasteiger partial charge in [0.1, 0.15) is 0 Å². The summed E-state index contributed by atoms with van der Waals surface area (Å²) in [4.78, 5) is 10.5. The van der Waals surface area contributed by atoms with Gasteiger partial charge >= 0.3 is 0 Å². The van der Waals surface area contributed by atoms with E-state index in [1.165, 1.54) is 18.2 Å². The third-order valence-corrected chi connectivity index (χ3v) is 3.02. The minimum atomic E-state index is -1.03. The molecule has 0 bridgehead atoms. The van der Waals surface area contributed by atoms with E-state index in [9.17, 15) is 10.1 Å². The maximum Gasteiger partial charge on any atom is 0.278 e. The van der Waals surface area contributed by atoms with E-state index >= 15 is 0 Å². The summed E-state index contributed by atoms with van der Waals surface area (Å²) in [5.74, 6) is -1.03. The Morgan fingerprint density at radius 2 is 2.12 bits per heavy atom. The highest BCUT2D eigenvalue weighted by Gasteiger charge is 2.41. The smallest absolute Gasteiger partial charge is 0.278 e. The normalized spacial score (nSPS) is 18.2. The second-order valence-electron chi connectivity index (χ2n) is 3.72. The van der Waals surface area contributed by atoms with E-state index in [1.54, 1.807) is 0 Å². The molecule has 1 fully saturated rings. The van der Waals surface area contributed by atoms with Gasteiger partial charge in [0.25, 0.3) is 5.69 Å². The molecule has 5 nitrogen and oxygen atoms in total. The Balaban J connectivity index is 2.55. The van der Waals surface area contributed by atoms with Gasteiger partial charge in [0, 0.05) is 17.5 Å². The first-order valence-corrected chi connectivity index (χ1v) is 5.69. The lowest BCUT2D eigenvalue weighted by atomic mass is 10.0. The van der Waals surface area contributed by atoms with Crippen LogP contribution in [0.25, 0.3) is 0 Å². The molecule has 0 aromatic heterocycles. The van der Waals surface area contributed by atoms with Crippen LogP contribution >= 0.6 is 11.6 Å². The molecule has 1 saturated heterocycles. The summed E-state index contributed by atoms with van der Waals surface area (Å²) in [5, 5.41) is 11.4. The molecule has 17 heavy (non-hydrogen) atoms. The largest absolute Gasteiger partial charge is 0.343 e. The predicted octanol–water partition coefficient (Wildman–Crippen LogP) is 2.86. The summed E-state index contributed by atoms with van der Waals surface area (Å²) in [6.07, 6.45) is 0.494. The molecule has 1 aliphatic rings. The van der Waals surface area contributed by atoms with Crippen LogP contribution in [0.15, 0.2) is 18.2 Å². The predicted molar refractivity (Wildman–Crippen MR) is 62.0 cm³/mol.